The number of carbonyl (C=O) groups excluding carboxylic acids is 1. The molecule has 1 heterocycles. The van der Waals surface area contributed by atoms with Crippen LogP contribution < -0.4 is 10.1 Å². The van der Waals surface area contributed by atoms with E-state index in [0.717, 1.165) is 38.9 Å². The minimum Gasteiger partial charge on any atom is -0.497 e. The average Bonchev–Trinajstić information content (AvgIpc) is 3.23. The summed E-state index contributed by atoms with van der Waals surface area (Å²) in [5, 5.41) is 5.00. The Bertz CT molecular complexity index is 1430. The Balaban J connectivity index is 1.49. The van der Waals surface area contributed by atoms with Crippen molar-refractivity contribution in [3.63, 3.8) is 0 Å². The van der Waals surface area contributed by atoms with Crippen molar-refractivity contribution < 1.29 is 13.9 Å². The highest BCUT2D eigenvalue weighted by Gasteiger charge is 2.14. The Morgan fingerprint density at radius 2 is 1.81 bits per heavy atom. The van der Waals surface area contributed by atoms with E-state index in [1.54, 1.807) is 7.11 Å². The number of benzene rings is 4. The van der Waals surface area contributed by atoms with E-state index in [1.807, 2.05) is 85.8 Å². The smallest absolute Gasteiger partial charge is 0.256 e. The molecule has 0 spiro atoms. The fourth-order valence-electron chi connectivity index (χ4n) is 3.66. The minimum atomic E-state index is -0.153. The molecule has 1 N–H and O–H groups in total. The van der Waals surface area contributed by atoms with Crippen molar-refractivity contribution in [3.8, 4) is 17.2 Å². The van der Waals surface area contributed by atoms with Crippen LogP contribution in [0.2, 0.25) is 0 Å². The van der Waals surface area contributed by atoms with E-state index in [9.17, 15) is 4.79 Å². The van der Waals surface area contributed by atoms with Crippen molar-refractivity contribution in [2.45, 2.75) is 6.92 Å². The van der Waals surface area contributed by atoms with E-state index in [0.29, 0.717) is 17.0 Å². The predicted octanol–water partition coefficient (Wildman–Crippen LogP) is 6.22. The van der Waals surface area contributed by atoms with Crippen molar-refractivity contribution in [3.05, 3.63) is 90.0 Å². The Morgan fingerprint density at radius 1 is 0.968 bits per heavy atom. The zero-order chi connectivity index (χ0) is 21.4. The maximum Gasteiger partial charge on any atom is 0.256 e. The van der Waals surface area contributed by atoms with Gasteiger partial charge in [0.15, 0.2) is 5.58 Å². The maximum atomic E-state index is 13.1. The van der Waals surface area contributed by atoms with Crippen molar-refractivity contribution in [1.82, 2.24) is 4.98 Å². The van der Waals surface area contributed by atoms with Gasteiger partial charge in [-0.3, -0.25) is 4.79 Å². The monoisotopic (exact) mass is 408 g/mol. The van der Waals surface area contributed by atoms with E-state index in [2.05, 4.69) is 10.3 Å². The zero-order valence-electron chi connectivity index (χ0n) is 17.2. The quantitative estimate of drug-likeness (QED) is 0.384. The lowest BCUT2D eigenvalue weighted by Gasteiger charge is -2.11. The van der Waals surface area contributed by atoms with Crippen LogP contribution in [0.1, 0.15) is 15.9 Å². The van der Waals surface area contributed by atoms with Gasteiger partial charge < -0.3 is 14.5 Å². The van der Waals surface area contributed by atoms with Crippen LogP contribution >= 0.6 is 0 Å². The van der Waals surface area contributed by atoms with Gasteiger partial charge in [0, 0.05) is 22.9 Å². The molecule has 1 amide bonds. The Kier molecular flexibility index (Phi) is 4.64. The van der Waals surface area contributed by atoms with Crippen molar-refractivity contribution in [1.29, 1.82) is 0 Å². The van der Waals surface area contributed by atoms with Crippen LogP contribution in [-0.2, 0) is 0 Å². The van der Waals surface area contributed by atoms with Crippen LogP contribution in [0.25, 0.3) is 33.3 Å². The Morgan fingerprint density at radius 3 is 2.68 bits per heavy atom. The predicted molar refractivity (Wildman–Crippen MR) is 123 cm³/mol. The molecule has 152 valence electrons. The summed E-state index contributed by atoms with van der Waals surface area (Å²) in [5.74, 6) is 1.06. The highest BCUT2D eigenvalue weighted by molar-refractivity contribution is 6.13. The third kappa shape index (κ3) is 3.51. The molecule has 0 unspecified atom stereocenters. The number of hydrogen-bond donors (Lipinski definition) is 1. The van der Waals surface area contributed by atoms with Gasteiger partial charge in [-0.1, -0.05) is 42.5 Å². The van der Waals surface area contributed by atoms with E-state index in [4.69, 9.17) is 9.15 Å². The molecule has 5 nitrogen and oxygen atoms in total. The summed E-state index contributed by atoms with van der Waals surface area (Å²) in [6, 6.07) is 24.9. The molecule has 0 aliphatic rings. The topological polar surface area (TPSA) is 64.4 Å². The molecule has 1 aromatic heterocycles. The van der Waals surface area contributed by atoms with Crippen LogP contribution in [0, 0.1) is 6.92 Å². The summed E-state index contributed by atoms with van der Waals surface area (Å²) in [7, 11) is 1.62. The molecular formula is C26H20N2O3. The third-order valence-electron chi connectivity index (χ3n) is 5.36. The van der Waals surface area contributed by atoms with E-state index < -0.39 is 0 Å². The second-order valence-electron chi connectivity index (χ2n) is 7.36. The van der Waals surface area contributed by atoms with Crippen molar-refractivity contribution >= 4 is 33.5 Å². The first-order chi connectivity index (χ1) is 15.1. The summed E-state index contributed by atoms with van der Waals surface area (Å²) in [4.78, 5) is 17.7. The molecule has 0 fully saturated rings. The van der Waals surface area contributed by atoms with Gasteiger partial charge in [0.1, 0.15) is 11.3 Å². The fourth-order valence-corrected chi connectivity index (χ4v) is 3.66. The lowest BCUT2D eigenvalue weighted by atomic mass is 10.0. The van der Waals surface area contributed by atoms with Gasteiger partial charge in [-0.15, -0.1) is 0 Å². The normalized spacial score (nSPS) is 11.0. The van der Waals surface area contributed by atoms with Crippen LogP contribution in [0.15, 0.2) is 83.3 Å². The average molecular weight is 408 g/mol. The van der Waals surface area contributed by atoms with Gasteiger partial charge in [0.05, 0.1) is 7.11 Å². The molecule has 5 heteroatoms. The molecule has 31 heavy (non-hydrogen) atoms. The summed E-state index contributed by atoms with van der Waals surface area (Å²) in [6.45, 7) is 1.96. The molecule has 0 atom stereocenters. The molecule has 0 aliphatic heterocycles. The highest BCUT2D eigenvalue weighted by atomic mass is 16.5. The number of oxazole rings is 1. The first kappa shape index (κ1) is 18.9. The van der Waals surface area contributed by atoms with Gasteiger partial charge in [0.2, 0.25) is 5.89 Å². The standard InChI is InChI=1S/C26H20N2O3/c1-16-10-11-18(26-28-23-15-19(30-2)12-13-24(23)31-26)14-22(16)27-25(29)21-9-5-7-17-6-3-4-8-20(17)21/h3-15H,1-2H3,(H,27,29). The summed E-state index contributed by atoms with van der Waals surface area (Å²) in [5.41, 5.74) is 4.49. The molecule has 0 bridgehead atoms. The van der Waals surface area contributed by atoms with E-state index in [1.165, 1.54) is 0 Å². The molecule has 0 saturated carbocycles. The number of nitrogens with one attached hydrogen (secondary N) is 1. The molecule has 0 saturated heterocycles. The van der Waals surface area contributed by atoms with Gasteiger partial charge >= 0.3 is 0 Å². The van der Waals surface area contributed by atoms with Crippen molar-refractivity contribution in [2.75, 3.05) is 12.4 Å². The third-order valence-corrected chi connectivity index (χ3v) is 5.36. The first-order valence-corrected chi connectivity index (χ1v) is 9.97. The summed E-state index contributed by atoms with van der Waals surface area (Å²) >= 11 is 0. The number of amides is 1. The number of anilines is 1. The summed E-state index contributed by atoms with van der Waals surface area (Å²) < 4.78 is 11.2. The molecular weight excluding hydrogens is 388 g/mol. The fraction of sp³-hybridized carbons (Fsp3) is 0.0769. The second-order valence-corrected chi connectivity index (χ2v) is 7.36. The SMILES string of the molecule is COc1ccc2oc(-c3ccc(C)c(NC(=O)c4cccc5ccccc45)c3)nc2c1. The van der Waals surface area contributed by atoms with Crippen LogP contribution in [-0.4, -0.2) is 18.0 Å². The largest absolute Gasteiger partial charge is 0.497 e. The number of aromatic nitrogens is 1. The number of aryl methyl sites for hydroxylation is 1. The molecule has 0 radical (unpaired) electrons. The lowest BCUT2D eigenvalue weighted by molar-refractivity contribution is 0.102. The number of hydrogen-bond acceptors (Lipinski definition) is 4. The van der Waals surface area contributed by atoms with Gasteiger partial charge in [-0.25, -0.2) is 4.98 Å². The lowest BCUT2D eigenvalue weighted by Crippen LogP contribution is -2.13. The first-order valence-electron chi connectivity index (χ1n) is 9.97. The number of rotatable bonds is 4. The minimum absolute atomic E-state index is 0.153. The van der Waals surface area contributed by atoms with Gasteiger partial charge in [0.25, 0.3) is 5.91 Å². The number of fused-ring (bicyclic) bond motifs is 2. The number of carbonyl (C=O) groups is 1. The molecule has 4 aromatic carbocycles. The number of methoxy groups -OCH3 is 1. The van der Waals surface area contributed by atoms with E-state index in [-0.39, 0.29) is 5.91 Å². The summed E-state index contributed by atoms with van der Waals surface area (Å²) in [6.07, 6.45) is 0. The second kappa shape index (κ2) is 7.61. The molecule has 0 aliphatic carbocycles. The molecule has 5 rings (SSSR count). The van der Waals surface area contributed by atoms with Crippen LogP contribution in [0.5, 0.6) is 5.75 Å². The Labute approximate surface area is 179 Å². The molecule has 5 aromatic rings. The van der Waals surface area contributed by atoms with Crippen LogP contribution in [0.3, 0.4) is 0 Å². The maximum absolute atomic E-state index is 13.1. The van der Waals surface area contributed by atoms with Gasteiger partial charge in [-0.05, 0) is 53.6 Å². The highest BCUT2D eigenvalue weighted by Crippen LogP contribution is 2.30. The van der Waals surface area contributed by atoms with Crippen LogP contribution in [0.4, 0.5) is 5.69 Å². The van der Waals surface area contributed by atoms with Gasteiger partial charge in [-0.2, -0.15) is 0 Å². The van der Waals surface area contributed by atoms with E-state index >= 15 is 0 Å². The number of ether oxygens (including phenoxy) is 1. The number of nitrogens with zero attached hydrogens (tertiary/aromatic N) is 1. The van der Waals surface area contributed by atoms with Crippen molar-refractivity contribution in [2.24, 2.45) is 0 Å². The zero-order valence-corrected chi connectivity index (χ0v) is 17.2. The Hall–Kier alpha value is -4.12.